The number of benzene rings is 1. The lowest BCUT2D eigenvalue weighted by Gasteiger charge is -2.44. The summed E-state index contributed by atoms with van der Waals surface area (Å²) in [4.78, 5) is 2.53. The highest BCUT2D eigenvalue weighted by molar-refractivity contribution is 5.14. The van der Waals surface area contributed by atoms with Gasteiger partial charge in [0, 0.05) is 13.2 Å². The van der Waals surface area contributed by atoms with Crippen LogP contribution in [-0.4, -0.2) is 30.7 Å². The van der Waals surface area contributed by atoms with Crippen molar-refractivity contribution in [2.75, 3.05) is 19.7 Å². The first-order chi connectivity index (χ1) is 10.7. The molecule has 0 spiro atoms. The number of rotatable bonds is 3. The monoisotopic (exact) mass is 298 g/mol. The molecule has 0 N–H and O–H groups in total. The number of hydrogen-bond acceptors (Lipinski definition) is 3. The maximum absolute atomic E-state index is 9.79. The third-order valence-corrected chi connectivity index (χ3v) is 5.44. The molecule has 2 heterocycles. The first kappa shape index (κ1) is 15.5. The van der Waals surface area contributed by atoms with Gasteiger partial charge in [0.15, 0.2) is 0 Å². The fourth-order valence-corrected chi connectivity index (χ4v) is 4.17. The lowest BCUT2D eigenvalue weighted by atomic mass is 9.66. The molecule has 1 aromatic rings. The molecule has 2 saturated heterocycles. The summed E-state index contributed by atoms with van der Waals surface area (Å²) >= 11 is 0. The van der Waals surface area contributed by atoms with Gasteiger partial charge in [-0.25, -0.2) is 0 Å². The van der Waals surface area contributed by atoms with Gasteiger partial charge in [0.25, 0.3) is 0 Å². The Morgan fingerprint density at radius 1 is 1.27 bits per heavy atom. The number of hydrogen-bond donors (Lipinski definition) is 0. The molecule has 3 rings (SSSR count). The van der Waals surface area contributed by atoms with Gasteiger partial charge < -0.3 is 4.74 Å². The highest BCUT2D eigenvalue weighted by Crippen LogP contribution is 2.44. The zero-order chi connectivity index (χ0) is 15.4. The zero-order valence-electron chi connectivity index (χ0n) is 13.5. The van der Waals surface area contributed by atoms with E-state index in [4.69, 9.17) is 4.74 Å². The minimum Gasteiger partial charge on any atom is -0.378 e. The summed E-state index contributed by atoms with van der Waals surface area (Å²) in [5.41, 5.74) is 1.24. The standard InChI is InChI=1S/C19H26N2O/c1-16-13-19(15-20,9-12-22-16)18-7-10-21(11-8-18)14-17-5-3-2-4-6-17/h2-6,16,18H,7-14H2,1H3/t16-,19-/m0/s1. The Hall–Kier alpha value is -1.37. The second-order valence-corrected chi connectivity index (χ2v) is 6.94. The molecule has 22 heavy (non-hydrogen) atoms. The molecule has 0 bridgehead atoms. The van der Waals surface area contributed by atoms with Crippen molar-refractivity contribution >= 4 is 0 Å². The van der Waals surface area contributed by atoms with E-state index < -0.39 is 0 Å². The highest BCUT2D eigenvalue weighted by atomic mass is 16.5. The van der Waals surface area contributed by atoms with Crippen molar-refractivity contribution in [2.24, 2.45) is 11.3 Å². The van der Waals surface area contributed by atoms with Gasteiger partial charge in [-0.1, -0.05) is 30.3 Å². The van der Waals surface area contributed by atoms with Crippen LogP contribution in [0.5, 0.6) is 0 Å². The summed E-state index contributed by atoms with van der Waals surface area (Å²) in [7, 11) is 0. The summed E-state index contributed by atoms with van der Waals surface area (Å²) in [6.07, 6.45) is 4.35. The van der Waals surface area contributed by atoms with Crippen molar-refractivity contribution < 1.29 is 4.74 Å². The second kappa shape index (κ2) is 6.81. The van der Waals surface area contributed by atoms with Gasteiger partial charge >= 0.3 is 0 Å². The van der Waals surface area contributed by atoms with Gasteiger partial charge in [0.2, 0.25) is 0 Å². The maximum atomic E-state index is 9.79. The third-order valence-electron chi connectivity index (χ3n) is 5.44. The normalized spacial score (nSPS) is 30.8. The third kappa shape index (κ3) is 3.34. The first-order valence-corrected chi connectivity index (χ1v) is 8.51. The number of nitrogens with zero attached hydrogens (tertiary/aromatic N) is 2. The van der Waals surface area contributed by atoms with Gasteiger partial charge in [-0.3, -0.25) is 4.90 Å². The zero-order valence-corrected chi connectivity index (χ0v) is 13.5. The number of ether oxygens (including phenoxy) is 1. The van der Waals surface area contributed by atoms with E-state index in [0.717, 1.165) is 51.9 Å². The molecule has 3 nitrogen and oxygen atoms in total. The Labute approximate surface area is 133 Å². The second-order valence-electron chi connectivity index (χ2n) is 6.94. The van der Waals surface area contributed by atoms with Crippen LogP contribution in [0.4, 0.5) is 0 Å². The predicted molar refractivity (Wildman–Crippen MR) is 87.1 cm³/mol. The van der Waals surface area contributed by atoms with Crippen LogP contribution >= 0.6 is 0 Å². The fourth-order valence-electron chi connectivity index (χ4n) is 4.17. The Bertz CT molecular complexity index is 516. The molecule has 0 aromatic heterocycles. The minimum atomic E-state index is -0.142. The maximum Gasteiger partial charge on any atom is 0.0694 e. The molecule has 0 amide bonds. The quantitative estimate of drug-likeness (QED) is 0.855. The van der Waals surface area contributed by atoms with E-state index >= 15 is 0 Å². The van der Waals surface area contributed by atoms with Crippen molar-refractivity contribution in [1.29, 1.82) is 5.26 Å². The predicted octanol–water partition coefficient (Wildman–Crippen LogP) is 3.61. The summed E-state index contributed by atoms with van der Waals surface area (Å²) in [6, 6.07) is 13.4. The van der Waals surface area contributed by atoms with Crippen LogP contribution in [0.15, 0.2) is 30.3 Å². The van der Waals surface area contributed by atoms with E-state index in [-0.39, 0.29) is 11.5 Å². The molecule has 118 valence electrons. The number of likely N-dealkylation sites (tertiary alicyclic amines) is 1. The summed E-state index contributed by atoms with van der Waals surface area (Å²) in [6.45, 7) is 6.11. The van der Waals surface area contributed by atoms with E-state index in [2.05, 4.69) is 48.2 Å². The van der Waals surface area contributed by atoms with Crippen LogP contribution in [-0.2, 0) is 11.3 Å². The van der Waals surface area contributed by atoms with Crippen LogP contribution in [0.2, 0.25) is 0 Å². The van der Waals surface area contributed by atoms with E-state index in [1.54, 1.807) is 0 Å². The smallest absolute Gasteiger partial charge is 0.0694 e. The Balaban J connectivity index is 1.58. The van der Waals surface area contributed by atoms with E-state index in [9.17, 15) is 5.26 Å². The summed E-state index contributed by atoms with van der Waals surface area (Å²) < 4.78 is 5.66. The molecule has 2 aliphatic heterocycles. The van der Waals surface area contributed by atoms with Crippen LogP contribution in [0, 0.1) is 22.7 Å². The molecule has 0 radical (unpaired) electrons. The highest BCUT2D eigenvalue weighted by Gasteiger charge is 2.43. The molecular weight excluding hydrogens is 272 g/mol. The fraction of sp³-hybridized carbons (Fsp3) is 0.632. The van der Waals surface area contributed by atoms with Crippen molar-refractivity contribution in [2.45, 2.75) is 45.3 Å². The van der Waals surface area contributed by atoms with E-state index in [1.165, 1.54) is 5.56 Å². The Morgan fingerprint density at radius 3 is 2.64 bits per heavy atom. The van der Waals surface area contributed by atoms with Gasteiger partial charge in [-0.2, -0.15) is 5.26 Å². The van der Waals surface area contributed by atoms with E-state index in [1.807, 2.05) is 0 Å². The molecule has 2 aliphatic rings. The lowest BCUT2D eigenvalue weighted by molar-refractivity contribution is -0.0497. The largest absolute Gasteiger partial charge is 0.378 e. The van der Waals surface area contributed by atoms with Crippen LogP contribution in [0.25, 0.3) is 0 Å². The van der Waals surface area contributed by atoms with E-state index in [0.29, 0.717) is 5.92 Å². The van der Waals surface area contributed by atoms with Crippen molar-refractivity contribution in [3.63, 3.8) is 0 Å². The Morgan fingerprint density at radius 2 is 2.00 bits per heavy atom. The van der Waals surface area contributed by atoms with Gasteiger partial charge in [0.05, 0.1) is 17.6 Å². The topological polar surface area (TPSA) is 36.3 Å². The minimum absolute atomic E-state index is 0.142. The van der Waals surface area contributed by atoms with Crippen molar-refractivity contribution in [3.8, 4) is 6.07 Å². The summed E-state index contributed by atoms with van der Waals surface area (Å²) in [5.74, 6) is 0.538. The van der Waals surface area contributed by atoms with Gasteiger partial charge in [0.1, 0.15) is 0 Å². The molecule has 2 fully saturated rings. The van der Waals surface area contributed by atoms with Crippen molar-refractivity contribution in [1.82, 2.24) is 4.90 Å². The average molecular weight is 298 g/mol. The first-order valence-electron chi connectivity index (χ1n) is 8.51. The van der Waals surface area contributed by atoms with Crippen molar-refractivity contribution in [3.05, 3.63) is 35.9 Å². The van der Waals surface area contributed by atoms with Gasteiger partial charge in [-0.05, 0) is 57.2 Å². The SMILES string of the molecule is C[C@H]1C[C@@](C#N)(C2CCN(Cc3ccccc3)CC2)CCO1. The number of piperidine rings is 1. The lowest BCUT2D eigenvalue weighted by Crippen LogP contribution is -2.44. The molecule has 0 saturated carbocycles. The summed E-state index contributed by atoms with van der Waals surface area (Å²) in [5, 5.41) is 9.79. The molecule has 3 heteroatoms. The molecule has 0 unspecified atom stereocenters. The molecule has 0 aliphatic carbocycles. The average Bonchev–Trinajstić information content (AvgIpc) is 2.56. The van der Waals surface area contributed by atoms with Crippen LogP contribution < -0.4 is 0 Å². The van der Waals surface area contributed by atoms with Gasteiger partial charge in [-0.15, -0.1) is 0 Å². The Kier molecular flexibility index (Phi) is 4.81. The molecular formula is C19H26N2O. The van der Waals surface area contributed by atoms with Crippen LogP contribution in [0.3, 0.4) is 0 Å². The van der Waals surface area contributed by atoms with Crippen LogP contribution in [0.1, 0.15) is 38.2 Å². The number of nitriles is 1. The molecule has 2 atom stereocenters. The molecule has 1 aromatic carbocycles.